The van der Waals surface area contributed by atoms with Crippen molar-refractivity contribution in [3.05, 3.63) is 64.1 Å². The fraction of sp³-hybridized carbons (Fsp3) is 0.278. The lowest BCUT2D eigenvalue weighted by Gasteiger charge is -2.20. The van der Waals surface area contributed by atoms with Gasteiger partial charge in [0.25, 0.3) is 0 Å². The van der Waals surface area contributed by atoms with E-state index in [0.29, 0.717) is 5.75 Å². The van der Waals surface area contributed by atoms with Crippen molar-refractivity contribution in [2.45, 2.75) is 24.8 Å². The maximum atomic E-state index is 12.8. The Morgan fingerprint density at radius 2 is 2.04 bits per heavy atom. The molecule has 0 aliphatic carbocycles. The third-order valence-corrected chi connectivity index (χ3v) is 6.26. The van der Waals surface area contributed by atoms with Crippen molar-refractivity contribution in [1.29, 1.82) is 0 Å². The minimum Gasteiger partial charge on any atom is -0.495 e. The third kappa shape index (κ3) is 3.82. The zero-order valence-corrected chi connectivity index (χ0v) is 16.5. The molecule has 1 N–H and O–H groups in total. The molecule has 26 heavy (non-hydrogen) atoms. The van der Waals surface area contributed by atoms with Crippen LogP contribution in [0.3, 0.4) is 0 Å². The van der Waals surface area contributed by atoms with E-state index < -0.39 is 10.0 Å². The molecule has 0 unspecified atom stereocenters. The van der Waals surface area contributed by atoms with Crippen LogP contribution in [0.2, 0.25) is 0 Å². The minimum absolute atomic E-state index is 0.125. The van der Waals surface area contributed by atoms with Crippen LogP contribution in [-0.4, -0.2) is 31.9 Å². The van der Waals surface area contributed by atoms with Crippen LogP contribution in [0, 0.1) is 13.8 Å². The van der Waals surface area contributed by atoms with E-state index in [2.05, 4.69) is 9.82 Å². The Labute approximate surface area is 157 Å². The lowest BCUT2D eigenvalue weighted by atomic mass is 10.1. The summed E-state index contributed by atoms with van der Waals surface area (Å²) in [6.07, 6.45) is 0. The summed E-state index contributed by atoms with van der Waals surface area (Å²) in [5.41, 5.74) is 2.90. The molecule has 0 aliphatic rings. The summed E-state index contributed by atoms with van der Waals surface area (Å²) in [6, 6.07) is 10.3. The van der Waals surface area contributed by atoms with Crippen molar-refractivity contribution in [3.8, 4) is 5.75 Å². The molecule has 0 spiro atoms. The summed E-state index contributed by atoms with van der Waals surface area (Å²) >= 11 is 1.57. The fourth-order valence-electron chi connectivity index (χ4n) is 2.88. The van der Waals surface area contributed by atoms with Crippen molar-refractivity contribution in [3.63, 3.8) is 0 Å². The molecule has 0 radical (unpaired) electrons. The van der Waals surface area contributed by atoms with Gasteiger partial charge < -0.3 is 4.74 Å². The van der Waals surface area contributed by atoms with Gasteiger partial charge in [-0.05, 0) is 54.4 Å². The van der Waals surface area contributed by atoms with Crippen LogP contribution in [0.4, 0.5) is 0 Å². The van der Waals surface area contributed by atoms with Gasteiger partial charge >= 0.3 is 0 Å². The average molecular weight is 392 g/mol. The normalized spacial score (nSPS) is 12.9. The van der Waals surface area contributed by atoms with Gasteiger partial charge in [0, 0.05) is 12.2 Å². The smallest absolute Gasteiger partial charge is 0.244 e. The van der Waals surface area contributed by atoms with Gasteiger partial charge in [0.2, 0.25) is 10.0 Å². The van der Waals surface area contributed by atoms with Gasteiger partial charge in [-0.3, -0.25) is 4.68 Å². The van der Waals surface area contributed by atoms with Crippen molar-refractivity contribution >= 4 is 21.4 Å². The van der Waals surface area contributed by atoms with E-state index in [-0.39, 0.29) is 17.5 Å². The number of nitrogens with zero attached hydrogens (tertiary/aromatic N) is 2. The predicted molar refractivity (Wildman–Crippen MR) is 102 cm³/mol. The van der Waals surface area contributed by atoms with Gasteiger partial charge in [-0.1, -0.05) is 12.1 Å². The SMILES string of the molecule is COc1ccccc1S(=O)(=O)NC[C@H](c1ccsc1)n1nc(C)cc1C. The first-order chi connectivity index (χ1) is 12.4. The second kappa shape index (κ2) is 7.61. The number of aromatic nitrogens is 2. The lowest BCUT2D eigenvalue weighted by Crippen LogP contribution is -2.32. The summed E-state index contributed by atoms with van der Waals surface area (Å²) in [6.45, 7) is 4.08. The maximum absolute atomic E-state index is 12.8. The summed E-state index contributed by atoms with van der Waals surface area (Å²) in [7, 11) is -2.26. The van der Waals surface area contributed by atoms with Crippen LogP contribution >= 0.6 is 11.3 Å². The van der Waals surface area contributed by atoms with Gasteiger partial charge in [0.15, 0.2) is 0 Å². The number of rotatable bonds is 7. The number of aryl methyl sites for hydroxylation is 2. The summed E-state index contributed by atoms with van der Waals surface area (Å²) in [5.74, 6) is 0.318. The molecule has 1 atom stereocenters. The molecule has 138 valence electrons. The molecule has 1 aromatic carbocycles. The first-order valence-electron chi connectivity index (χ1n) is 8.10. The molecule has 2 aromatic heterocycles. The Balaban J connectivity index is 1.90. The summed E-state index contributed by atoms with van der Waals surface area (Å²) < 4.78 is 35.3. The van der Waals surface area contributed by atoms with Gasteiger partial charge in [0.1, 0.15) is 10.6 Å². The van der Waals surface area contributed by atoms with E-state index in [4.69, 9.17) is 4.74 Å². The van der Waals surface area contributed by atoms with E-state index in [9.17, 15) is 8.42 Å². The number of thiophene rings is 1. The molecular weight excluding hydrogens is 370 g/mol. The Kier molecular flexibility index (Phi) is 5.45. The van der Waals surface area contributed by atoms with Crippen LogP contribution < -0.4 is 9.46 Å². The number of methoxy groups -OCH3 is 1. The number of benzene rings is 1. The lowest BCUT2D eigenvalue weighted by molar-refractivity contribution is 0.402. The first kappa shape index (κ1) is 18.6. The van der Waals surface area contributed by atoms with Gasteiger partial charge in [-0.2, -0.15) is 16.4 Å². The monoisotopic (exact) mass is 391 g/mol. The molecule has 0 amide bonds. The number of para-hydroxylation sites is 1. The van der Waals surface area contributed by atoms with E-state index >= 15 is 0 Å². The molecule has 0 saturated carbocycles. The molecule has 8 heteroatoms. The average Bonchev–Trinajstić information content (AvgIpc) is 3.25. The number of sulfonamides is 1. The van der Waals surface area contributed by atoms with Crippen molar-refractivity contribution in [2.24, 2.45) is 0 Å². The highest BCUT2D eigenvalue weighted by Gasteiger charge is 2.23. The highest BCUT2D eigenvalue weighted by atomic mass is 32.2. The zero-order chi connectivity index (χ0) is 18.7. The molecular formula is C18H21N3O3S2. The topological polar surface area (TPSA) is 73.2 Å². The molecule has 0 fully saturated rings. The van der Waals surface area contributed by atoms with Crippen molar-refractivity contribution in [2.75, 3.05) is 13.7 Å². The maximum Gasteiger partial charge on any atom is 0.244 e. The molecule has 0 saturated heterocycles. The highest BCUT2D eigenvalue weighted by Crippen LogP contribution is 2.25. The second-order valence-electron chi connectivity index (χ2n) is 5.95. The number of hydrogen-bond donors (Lipinski definition) is 1. The van der Waals surface area contributed by atoms with Crippen molar-refractivity contribution < 1.29 is 13.2 Å². The fourth-order valence-corrected chi connectivity index (χ4v) is 4.79. The van der Waals surface area contributed by atoms with Crippen LogP contribution in [0.1, 0.15) is 23.0 Å². The van der Waals surface area contributed by atoms with E-state index in [0.717, 1.165) is 17.0 Å². The number of ether oxygens (including phenoxy) is 1. The molecule has 2 heterocycles. The standard InChI is InChI=1S/C18H21N3O3S2/c1-13-10-14(2)21(20-13)16(15-8-9-25-12-15)11-19-26(22,23)18-7-5-4-6-17(18)24-3/h4-10,12,16,19H,11H2,1-3H3/t16-/m1/s1. The number of nitrogens with one attached hydrogen (secondary N) is 1. The molecule has 3 aromatic rings. The van der Waals surface area contributed by atoms with E-state index in [1.165, 1.54) is 13.2 Å². The van der Waals surface area contributed by atoms with Gasteiger partial charge in [0.05, 0.1) is 18.8 Å². The Bertz CT molecular complexity index is 979. The quantitative estimate of drug-likeness (QED) is 0.672. The van der Waals surface area contributed by atoms with Crippen LogP contribution in [0.15, 0.2) is 52.1 Å². The Morgan fingerprint density at radius 3 is 2.65 bits per heavy atom. The number of hydrogen-bond acceptors (Lipinski definition) is 5. The second-order valence-corrected chi connectivity index (χ2v) is 8.46. The largest absolute Gasteiger partial charge is 0.495 e. The summed E-state index contributed by atoms with van der Waals surface area (Å²) in [5, 5.41) is 8.52. The van der Waals surface area contributed by atoms with E-state index in [1.807, 2.05) is 41.4 Å². The van der Waals surface area contributed by atoms with E-state index in [1.54, 1.807) is 29.5 Å². The molecule has 3 rings (SSSR count). The van der Waals surface area contributed by atoms with Crippen LogP contribution in [0.25, 0.3) is 0 Å². The van der Waals surface area contributed by atoms with Crippen LogP contribution in [0.5, 0.6) is 5.75 Å². The molecule has 0 aliphatic heterocycles. The van der Waals surface area contributed by atoms with Crippen LogP contribution in [-0.2, 0) is 10.0 Å². The Morgan fingerprint density at radius 1 is 1.27 bits per heavy atom. The zero-order valence-electron chi connectivity index (χ0n) is 14.8. The summed E-state index contributed by atoms with van der Waals surface area (Å²) in [4.78, 5) is 0.125. The minimum atomic E-state index is -3.72. The molecule has 6 nitrogen and oxygen atoms in total. The van der Waals surface area contributed by atoms with Crippen molar-refractivity contribution in [1.82, 2.24) is 14.5 Å². The van der Waals surface area contributed by atoms with Gasteiger partial charge in [-0.25, -0.2) is 13.1 Å². The molecule has 0 bridgehead atoms. The predicted octanol–water partition coefficient (Wildman–Crippen LogP) is 3.14. The third-order valence-electron chi connectivity index (χ3n) is 4.09. The first-order valence-corrected chi connectivity index (χ1v) is 10.5. The Hall–Kier alpha value is -2.16. The van der Waals surface area contributed by atoms with Gasteiger partial charge in [-0.15, -0.1) is 0 Å². The highest BCUT2D eigenvalue weighted by molar-refractivity contribution is 7.89.